The smallest absolute Gasteiger partial charge is 0.220 e. The molecule has 110 valence electrons. The van der Waals surface area contributed by atoms with E-state index >= 15 is 0 Å². The molecule has 0 aliphatic carbocycles. The van der Waals surface area contributed by atoms with Crippen molar-refractivity contribution in [1.82, 2.24) is 4.98 Å². The molecule has 1 saturated heterocycles. The van der Waals surface area contributed by atoms with Crippen molar-refractivity contribution in [3.8, 4) is 0 Å². The molecule has 1 aromatic heterocycles. The lowest BCUT2D eigenvalue weighted by molar-refractivity contribution is -0.122. The van der Waals surface area contributed by atoms with E-state index in [1.807, 2.05) is 19.1 Å². The summed E-state index contributed by atoms with van der Waals surface area (Å²) in [5.74, 6) is 0.742. The van der Waals surface area contributed by atoms with Gasteiger partial charge in [-0.1, -0.05) is 12.1 Å². The van der Waals surface area contributed by atoms with E-state index in [1.165, 1.54) is 0 Å². The molecule has 1 fully saturated rings. The maximum absolute atomic E-state index is 11.3. The zero-order chi connectivity index (χ0) is 15.0. The van der Waals surface area contributed by atoms with E-state index in [0.717, 1.165) is 53.8 Å². The monoisotopic (exact) mass is 284 g/mol. The second kappa shape index (κ2) is 5.24. The van der Waals surface area contributed by atoms with Crippen LogP contribution in [0.2, 0.25) is 0 Å². The van der Waals surface area contributed by atoms with E-state index in [2.05, 4.69) is 16.0 Å². The van der Waals surface area contributed by atoms with Gasteiger partial charge in [-0.25, -0.2) is 4.98 Å². The Labute approximate surface area is 123 Å². The van der Waals surface area contributed by atoms with Crippen molar-refractivity contribution in [3.05, 3.63) is 30.0 Å². The first-order chi connectivity index (χ1) is 10.1. The first-order valence-corrected chi connectivity index (χ1v) is 7.26. The number of nitrogens with zero attached hydrogens (tertiary/aromatic N) is 2. The van der Waals surface area contributed by atoms with Crippen molar-refractivity contribution in [2.75, 3.05) is 23.7 Å². The minimum atomic E-state index is -0.194. The fourth-order valence-corrected chi connectivity index (χ4v) is 3.00. The quantitative estimate of drug-likeness (QED) is 0.824. The van der Waals surface area contributed by atoms with Gasteiger partial charge < -0.3 is 16.4 Å². The maximum Gasteiger partial charge on any atom is 0.220 e. The van der Waals surface area contributed by atoms with Crippen molar-refractivity contribution in [3.63, 3.8) is 0 Å². The van der Waals surface area contributed by atoms with Crippen molar-refractivity contribution in [2.24, 2.45) is 11.7 Å². The normalized spacial score (nSPS) is 16.3. The van der Waals surface area contributed by atoms with Gasteiger partial charge in [0.05, 0.1) is 0 Å². The molecule has 1 amide bonds. The third kappa shape index (κ3) is 2.39. The van der Waals surface area contributed by atoms with Crippen LogP contribution in [-0.4, -0.2) is 24.0 Å². The number of piperidine rings is 1. The van der Waals surface area contributed by atoms with Gasteiger partial charge in [0, 0.05) is 41.7 Å². The van der Waals surface area contributed by atoms with Crippen LogP contribution in [0, 0.1) is 12.8 Å². The number of nitrogen functional groups attached to an aromatic ring is 1. The molecule has 5 heteroatoms. The number of carbonyl (C=O) groups excluding carboxylic acids is 1. The third-order valence-corrected chi connectivity index (χ3v) is 4.38. The van der Waals surface area contributed by atoms with Crippen LogP contribution in [0.3, 0.4) is 0 Å². The number of primary amides is 1. The fraction of sp³-hybridized carbons (Fsp3) is 0.375. The molecule has 0 radical (unpaired) electrons. The average molecular weight is 284 g/mol. The van der Waals surface area contributed by atoms with Crippen molar-refractivity contribution in [1.29, 1.82) is 0 Å². The van der Waals surface area contributed by atoms with Gasteiger partial charge in [-0.3, -0.25) is 4.79 Å². The second-order valence-corrected chi connectivity index (χ2v) is 5.69. The second-order valence-electron chi connectivity index (χ2n) is 5.69. The summed E-state index contributed by atoms with van der Waals surface area (Å²) in [7, 11) is 0. The van der Waals surface area contributed by atoms with E-state index in [-0.39, 0.29) is 11.8 Å². The number of benzene rings is 1. The lowest BCUT2D eigenvalue weighted by Crippen LogP contribution is -2.39. The highest BCUT2D eigenvalue weighted by atomic mass is 16.1. The maximum atomic E-state index is 11.3. The Kier molecular flexibility index (Phi) is 3.41. The third-order valence-electron chi connectivity index (χ3n) is 4.38. The summed E-state index contributed by atoms with van der Waals surface area (Å²) in [5.41, 5.74) is 13.4. The molecular weight excluding hydrogens is 264 g/mol. The lowest BCUT2D eigenvalue weighted by atomic mass is 9.96. The Hall–Kier alpha value is -2.30. The number of pyridine rings is 1. The first-order valence-electron chi connectivity index (χ1n) is 7.26. The average Bonchev–Trinajstić information content (AvgIpc) is 2.50. The number of nitrogens with two attached hydrogens (primary N) is 2. The SMILES string of the molecule is Cc1ccc2c(N3CCC(C(N)=O)CC3)nccc2c1N. The van der Waals surface area contributed by atoms with Crippen molar-refractivity contribution in [2.45, 2.75) is 19.8 Å². The number of amides is 1. The zero-order valence-corrected chi connectivity index (χ0v) is 12.2. The molecule has 2 heterocycles. The van der Waals surface area contributed by atoms with Crippen LogP contribution >= 0.6 is 0 Å². The number of fused-ring (bicyclic) bond motifs is 1. The van der Waals surface area contributed by atoms with E-state index in [0.29, 0.717) is 0 Å². The molecule has 21 heavy (non-hydrogen) atoms. The van der Waals surface area contributed by atoms with Gasteiger partial charge in [-0.2, -0.15) is 0 Å². The van der Waals surface area contributed by atoms with Gasteiger partial charge in [0.1, 0.15) is 5.82 Å². The molecule has 0 bridgehead atoms. The molecule has 1 aliphatic rings. The van der Waals surface area contributed by atoms with Gasteiger partial charge in [0.2, 0.25) is 5.91 Å². The molecule has 0 unspecified atom stereocenters. The molecule has 4 N–H and O–H groups in total. The number of aryl methyl sites for hydroxylation is 1. The minimum Gasteiger partial charge on any atom is -0.398 e. The molecule has 0 spiro atoms. The molecular formula is C16H20N4O. The minimum absolute atomic E-state index is 0.0106. The highest BCUT2D eigenvalue weighted by Crippen LogP contribution is 2.32. The summed E-state index contributed by atoms with van der Waals surface area (Å²) >= 11 is 0. The molecule has 5 nitrogen and oxygen atoms in total. The van der Waals surface area contributed by atoms with Crippen molar-refractivity contribution >= 4 is 28.2 Å². The Morgan fingerprint density at radius 3 is 2.62 bits per heavy atom. The zero-order valence-electron chi connectivity index (χ0n) is 12.2. The standard InChI is InChI=1S/C16H20N4O/c1-10-2-3-13-12(14(10)17)4-7-19-16(13)20-8-5-11(6-9-20)15(18)21/h2-4,7,11H,5-6,8-9,17H2,1H3,(H2,18,21). The van der Waals surface area contributed by atoms with Gasteiger partial charge in [0.25, 0.3) is 0 Å². The van der Waals surface area contributed by atoms with Gasteiger partial charge >= 0.3 is 0 Å². The van der Waals surface area contributed by atoms with Crippen LogP contribution in [0.15, 0.2) is 24.4 Å². The van der Waals surface area contributed by atoms with Crippen molar-refractivity contribution < 1.29 is 4.79 Å². The van der Waals surface area contributed by atoms with Crippen LogP contribution in [0.25, 0.3) is 10.8 Å². The van der Waals surface area contributed by atoms with Gasteiger partial charge in [-0.15, -0.1) is 0 Å². The number of rotatable bonds is 2. The molecule has 3 rings (SSSR count). The summed E-state index contributed by atoms with van der Waals surface area (Å²) in [6.07, 6.45) is 3.37. The van der Waals surface area contributed by atoms with Gasteiger partial charge in [0.15, 0.2) is 0 Å². The predicted molar refractivity (Wildman–Crippen MR) is 85.0 cm³/mol. The number of hydrogen-bond acceptors (Lipinski definition) is 4. The summed E-state index contributed by atoms with van der Waals surface area (Å²) in [6.45, 7) is 3.61. The topological polar surface area (TPSA) is 85.2 Å². The first kappa shape index (κ1) is 13.7. The van der Waals surface area contributed by atoms with Crippen LogP contribution in [0.4, 0.5) is 11.5 Å². The Balaban J connectivity index is 1.95. The van der Waals surface area contributed by atoms with Crippen LogP contribution in [0.1, 0.15) is 18.4 Å². The number of carbonyl (C=O) groups is 1. The number of anilines is 2. The number of aromatic nitrogens is 1. The Bertz CT molecular complexity index is 690. The molecule has 0 atom stereocenters. The Morgan fingerprint density at radius 2 is 1.95 bits per heavy atom. The molecule has 0 saturated carbocycles. The van der Waals surface area contributed by atoms with E-state index in [1.54, 1.807) is 6.20 Å². The van der Waals surface area contributed by atoms with E-state index in [9.17, 15) is 4.79 Å². The van der Waals surface area contributed by atoms with Crippen LogP contribution in [0.5, 0.6) is 0 Å². The lowest BCUT2D eigenvalue weighted by Gasteiger charge is -2.32. The molecule has 1 aliphatic heterocycles. The summed E-state index contributed by atoms with van der Waals surface area (Å²) < 4.78 is 0. The van der Waals surface area contributed by atoms with Crippen LogP contribution in [-0.2, 0) is 4.79 Å². The number of hydrogen-bond donors (Lipinski definition) is 2. The molecule has 2 aromatic rings. The largest absolute Gasteiger partial charge is 0.398 e. The summed E-state index contributed by atoms with van der Waals surface area (Å²) in [6, 6.07) is 6.06. The summed E-state index contributed by atoms with van der Waals surface area (Å²) in [4.78, 5) is 18.0. The highest BCUT2D eigenvalue weighted by molar-refractivity contribution is 6.00. The summed E-state index contributed by atoms with van der Waals surface area (Å²) in [5, 5.41) is 2.11. The van der Waals surface area contributed by atoms with E-state index in [4.69, 9.17) is 11.5 Å². The van der Waals surface area contributed by atoms with E-state index < -0.39 is 0 Å². The van der Waals surface area contributed by atoms with Gasteiger partial charge in [-0.05, 0) is 31.4 Å². The molecule has 1 aromatic carbocycles. The fourth-order valence-electron chi connectivity index (χ4n) is 3.00. The van der Waals surface area contributed by atoms with Crippen LogP contribution < -0.4 is 16.4 Å². The predicted octanol–water partition coefficient (Wildman–Crippen LogP) is 1.83. The Morgan fingerprint density at radius 1 is 1.24 bits per heavy atom. The highest BCUT2D eigenvalue weighted by Gasteiger charge is 2.24.